The molecule has 1 aliphatic rings. The molecule has 0 bridgehead atoms. The molecule has 0 saturated carbocycles. The van der Waals surface area contributed by atoms with E-state index in [2.05, 4.69) is 14.8 Å². The van der Waals surface area contributed by atoms with Gasteiger partial charge in [0.2, 0.25) is 0 Å². The van der Waals surface area contributed by atoms with Gasteiger partial charge in [0.05, 0.1) is 11.4 Å². The second kappa shape index (κ2) is 8.93. The molecule has 0 spiro atoms. The van der Waals surface area contributed by atoms with Crippen LogP contribution in [-0.4, -0.2) is 39.4 Å². The molecule has 2 N–H and O–H groups in total. The molecule has 34 heavy (non-hydrogen) atoms. The number of nitrogens with two attached hydrogens (primary N) is 1. The highest BCUT2D eigenvalue weighted by Crippen LogP contribution is 2.37. The van der Waals surface area contributed by atoms with Crippen molar-refractivity contribution in [1.82, 2.24) is 14.8 Å². The molecule has 0 fully saturated rings. The highest BCUT2D eigenvalue weighted by molar-refractivity contribution is 5.99. The maximum Gasteiger partial charge on any atom is 0.491 e. The van der Waals surface area contributed by atoms with Gasteiger partial charge >= 0.3 is 18.1 Å². The Morgan fingerprint density at radius 2 is 1.88 bits per heavy atom. The first-order chi connectivity index (χ1) is 16.1. The molecular weight excluding hydrogens is 463 g/mol. The second-order valence-corrected chi connectivity index (χ2v) is 7.57. The molecule has 0 saturated heterocycles. The number of carbonyl (C=O) groups excluding carboxylic acids is 2. The van der Waals surface area contributed by atoms with Crippen LogP contribution in [0, 0.1) is 11.6 Å². The van der Waals surface area contributed by atoms with Crippen molar-refractivity contribution in [3.05, 3.63) is 58.9 Å². The third-order valence-corrected chi connectivity index (χ3v) is 5.34. The van der Waals surface area contributed by atoms with Crippen LogP contribution in [0.5, 0.6) is 0 Å². The smallest absolute Gasteiger partial charge is 0.381 e. The number of hydrogen-bond acceptors (Lipinski definition) is 6. The number of ether oxygens (including phenoxy) is 1. The number of esters is 2. The molecule has 0 unspecified atom stereocenters. The molecule has 1 aliphatic carbocycles. The van der Waals surface area contributed by atoms with Crippen molar-refractivity contribution < 1.29 is 36.3 Å². The summed E-state index contributed by atoms with van der Waals surface area (Å²) in [6.07, 6.45) is -2.82. The van der Waals surface area contributed by atoms with Crippen molar-refractivity contribution in [2.45, 2.75) is 32.0 Å². The predicted octanol–water partition coefficient (Wildman–Crippen LogP) is 3.58. The summed E-state index contributed by atoms with van der Waals surface area (Å²) in [5.41, 5.74) is 7.74. The van der Waals surface area contributed by atoms with Gasteiger partial charge in [-0.05, 0) is 55.6 Å². The Bertz CT molecular complexity index is 1290. The van der Waals surface area contributed by atoms with Crippen LogP contribution >= 0.6 is 0 Å². The van der Waals surface area contributed by atoms with Crippen molar-refractivity contribution in [2.24, 2.45) is 5.73 Å². The monoisotopic (exact) mass is 480 g/mol. The Morgan fingerprint density at radius 3 is 2.56 bits per heavy atom. The number of halogens is 5. The standard InChI is InChI=1S/C22H17F5N4O3/c23-15-5-3-11(8-16(15)24)17-9-14-12(10-29-17)2-4-13-18(14)30-31(7-1-6-28)19(13)20(32)34-21(33)22(25,26)27/h3,5,8-10H,1-2,4,6-7,28H2. The first-order valence-corrected chi connectivity index (χ1v) is 10.2. The summed E-state index contributed by atoms with van der Waals surface area (Å²) in [7, 11) is 0. The average molecular weight is 480 g/mol. The summed E-state index contributed by atoms with van der Waals surface area (Å²) in [5.74, 6) is -6.16. The molecule has 4 rings (SSSR count). The normalized spacial score (nSPS) is 12.8. The van der Waals surface area contributed by atoms with E-state index in [1.54, 1.807) is 12.3 Å². The Morgan fingerprint density at radius 1 is 1.12 bits per heavy atom. The lowest BCUT2D eigenvalue weighted by atomic mass is 9.89. The fourth-order valence-corrected chi connectivity index (χ4v) is 3.75. The minimum absolute atomic E-state index is 0.102. The van der Waals surface area contributed by atoms with E-state index in [1.807, 2.05) is 0 Å². The second-order valence-electron chi connectivity index (χ2n) is 7.57. The molecule has 0 atom stereocenters. The van der Waals surface area contributed by atoms with Crippen LogP contribution in [0.1, 0.15) is 28.0 Å². The number of pyridine rings is 1. The van der Waals surface area contributed by atoms with Crippen LogP contribution in [0.25, 0.3) is 22.5 Å². The molecule has 178 valence electrons. The van der Waals surface area contributed by atoms with Gasteiger partial charge in [-0.3, -0.25) is 9.67 Å². The number of rotatable bonds is 5. The summed E-state index contributed by atoms with van der Waals surface area (Å²) in [5, 5.41) is 4.39. The van der Waals surface area contributed by atoms with Crippen LogP contribution < -0.4 is 5.73 Å². The average Bonchev–Trinajstić information content (AvgIpc) is 3.17. The van der Waals surface area contributed by atoms with Gasteiger partial charge in [0.25, 0.3) is 0 Å². The fraction of sp³-hybridized carbons (Fsp3) is 0.273. The first-order valence-electron chi connectivity index (χ1n) is 10.2. The van der Waals surface area contributed by atoms with Gasteiger partial charge in [-0.1, -0.05) is 0 Å². The zero-order valence-electron chi connectivity index (χ0n) is 17.5. The Balaban J connectivity index is 1.79. The van der Waals surface area contributed by atoms with Gasteiger partial charge in [0.1, 0.15) is 0 Å². The van der Waals surface area contributed by atoms with E-state index in [0.29, 0.717) is 40.9 Å². The molecule has 0 radical (unpaired) electrons. The van der Waals surface area contributed by atoms with E-state index in [0.717, 1.165) is 17.7 Å². The fourth-order valence-electron chi connectivity index (χ4n) is 3.75. The molecule has 3 aromatic rings. The van der Waals surface area contributed by atoms with Crippen molar-refractivity contribution in [3.8, 4) is 22.5 Å². The van der Waals surface area contributed by atoms with Crippen molar-refractivity contribution in [3.63, 3.8) is 0 Å². The number of aryl methyl sites for hydroxylation is 2. The summed E-state index contributed by atoms with van der Waals surface area (Å²) in [6.45, 7) is 0.325. The van der Waals surface area contributed by atoms with E-state index >= 15 is 0 Å². The van der Waals surface area contributed by atoms with Gasteiger partial charge in [-0.2, -0.15) is 18.3 Å². The Hall–Kier alpha value is -3.67. The SMILES string of the molecule is NCCCn1nc2c(c1C(=O)OC(=O)C(F)(F)F)CCc1cnc(-c3ccc(F)c(F)c3)cc1-2. The zero-order valence-corrected chi connectivity index (χ0v) is 17.5. The van der Waals surface area contributed by atoms with E-state index in [1.165, 1.54) is 10.7 Å². The molecule has 7 nitrogen and oxygen atoms in total. The number of benzene rings is 1. The largest absolute Gasteiger partial charge is 0.491 e. The number of alkyl halides is 3. The van der Waals surface area contributed by atoms with E-state index in [4.69, 9.17) is 5.73 Å². The topological polar surface area (TPSA) is 100 Å². The van der Waals surface area contributed by atoms with Gasteiger partial charge < -0.3 is 10.5 Å². The van der Waals surface area contributed by atoms with Crippen LogP contribution in [0.3, 0.4) is 0 Å². The number of aromatic nitrogens is 3. The van der Waals surface area contributed by atoms with Gasteiger partial charge in [-0.25, -0.2) is 18.4 Å². The van der Waals surface area contributed by atoms with Crippen LogP contribution in [0.4, 0.5) is 22.0 Å². The van der Waals surface area contributed by atoms with Crippen LogP contribution in [0.2, 0.25) is 0 Å². The quantitative estimate of drug-likeness (QED) is 0.341. The lowest BCUT2D eigenvalue weighted by Crippen LogP contribution is -2.29. The lowest BCUT2D eigenvalue weighted by Gasteiger charge is -2.16. The van der Waals surface area contributed by atoms with Crippen molar-refractivity contribution in [2.75, 3.05) is 6.54 Å². The van der Waals surface area contributed by atoms with Gasteiger partial charge in [-0.15, -0.1) is 0 Å². The van der Waals surface area contributed by atoms with Crippen LogP contribution in [-0.2, 0) is 28.9 Å². The number of carbonyl (C=O) groups is 2. The molecule has 12 heteroatoms. The van der Waals surface area contributed by atoms with Crippen molar-refractivity contribution in [1.29, 1.82) is 0 Å². The minimum Gasteiger partial charge on any atom is -0.381 e. The van der Waals surface area contributed by atoms with E-state index < -0.39 is 29.7 Å². The van der Waals surface area contributed by atoms with E-state index in [9.17, 15) is 31.5 Å². The summed E-state index contributed by atoms with van der Waals surface area (Å²) in [4.78, 5) is 28.1. The Labute approximate surface area is 189 Å². The van der Waals surface area contributed by atoms with Crippen molar-refractivity contribution >= 4 is 11.9 Å². The number of hydrogen-bond donors (Lipinski definition) is 1. The van der Waals surface area contributed by atoms with E-state index in [-0.39, 0.29) is 25.2 Å². The Kier molecular flexibility index (Phi) is 6.17. The molecule has 2 heterocycles. The lowest BCUT2D eigenvalue weighted by molar-refractivity contribution is -0.193. The molecule has 0 aliphatic heterocycles. The maximum atomic E-state index is 13.7. The molecular formula is C22H17F5N4O3. The molecule has 2 aromatic heterocycles. The van der Waals surface area contributed by atoms with Gasteiger partial charge in [0, 0.05) is 29.4 Å². The third kappa shape index (κ3) is 4.40. The number of fused-ring (bicyclic) bond motifs is 3. The van der Waals surface area contributed by atoms with Crippen LogP contribution in [0.15, 0.2) is 30.5 Å². The highest BCUT2D eigenvalue weighted by atomic mass is 19.4. The third-order valence-electron chi connectivity index (χ3n) is 5.34. The summed E-state index contributed by atoms with van der Waals surface area (Å²) in [6, 6.07) is 4.88. The first kappa shape index (κ1) is 23.5. The molecule has 0 amide bonds. The van der Waals surface area contributed by atoms with Gasteiger partial charge in [0.15, 0.2) is 17.3 Å². The maximum absolute atomic E-state index is 13.7. The highest BCUT2D eigenvalue weighted by Gasteiger charge is 2.43. The summed E-state index contributed by atoms with van der Waals surface area (Å²) < 4.78 is 70.1. The molecule has 1 aromatic carbocycles. The minimum atomic E-state index is -5.34. The summed E-state index contributed by atoms with van der Waals surface area (Å²) >= 11 is 0. The zero-order chi connectivity index (χ0) is 24.6. The number of nitrogens with zero attached hydrogens (tertiary/aromatic N) is 3. The predicted molar refractivity (Wildman–Crippen MR) is 108 cm³/mol.